The Morgan fingerprint density at radius 3 is 2.42 bits per heavy atom. The van der Waals surface area contributed by atoms with Gasteiger partial charge < -0.3 is 15.2 Å². The van der Waals surface area contributed by atoms with E-state index in [0.29, 0.717) is 12.3 Å². The molecule has 19 heavy (non-hydrogen) atoms. The van der Waals surface area contributed by atoms with E-state index in [1.807, 2.05) is 19.1 Å². The molecule has 2 aromatic carbocycles. The van der Waals surface area contributed by atoms with E-state index in [0.717, 1.165) is 11.3 Å². The van der Waals surface area contributed by atoms with Crippen LogP contribution in [0.1, 0.15) is 5.56 Å². The third-order valence-electron chi connectivity index (χ3n) is 2.65. The van der Waals surface area contributed by atoms with Crippen molar-refractivity contribution in [3.8, 4) is 11.5 Å². The minimum atomic E-state index is -0.373. The first-order valence-electron chi connectivity index (χ1n) is 6.03. The molecule has 0 aromatic heterocycles. The van der Waals surface area contributed by atoms with Gasteiger partial charge >= 0.3 is 0 Å². The predicted molar refractivity (Wildman–Crippen MR) is 73.0 cm³/mol. The number of hydrogen-bond donors (Lipinski definition) is 1. The summed E-state index contributed by atoms with van der Waals surface area (Å²) in [5, 5.41) is 0. The maximum absolute atomic E-state index is 13.3. The average molecular weight is 261 g/mol. The van der Waals surface area contributed by atoms with Gasteiger partial charge in [0.1, 0.15) is 19.0 Å². The van der Waals surface area contributed by atoms with Crippen molar-refractivity contribution < 1.29 is 13.9 Å². The zero-order valence-corrected chi connectivity index (χ0v) is 10.7. The fourth-order valence-corrected chi connectivity index (χ4v) is 1.64. The lowest BCUT2D eigenvalue weighted by Crippen LogP contribution is -2.10. The fourth-order valence-electron chi connectivity index (χ4n) is 1.64. The van der Waals surface area contributed by atoms with Crippen molar-refractivity contribution in [2.24, 2.45) is 0 Å². The van der Waals surface area contributed by atoms with Crippen LogP contribution in [0.25, 0.3) is 0 Å². The van der Waals surface area contributed by atoms with Crippen LogP contribution in [0.3, 0.4) is 0 Å². The van der Waals surface area contributed by atoms with Gasteiger partial charge in [-0.25, -0.2) is 4.39 Å². The van der Waals surface area contributed by atoms with Gasteiger partial charge in [0.25, 0.3) is 0 Å². The van der Waals surface area contributed by atoms with E-state index in [2.05, 4.69) is 0 Å². The first kappa shape index (κ1) is 13.2. The summed E-state index contributed by atoms with van der Waals surface area (Å²) >= 11 is 0. The molecule has 2 aromatic rings. The van der Waals surface area contributed by atoms with Gasteiger partial charge in [0, 0.05) is 11.8 Å². The molecule has 0 heterocycles. The van der Waals surface area contributed by atoms with Gasteiger partial charge in [-0.1, -0.05) is 18.2 Å². The van der Waals surface area contributed by atoms with E-state index in [9.17, 15) is 4.39 Å². The summed E-state index contributed by atoms with van der Waals surface area (Å²) in [5.74, 6) is 0.579. The first-order valence-corrected chi connectivity index (χ1v) is 6.03. The lowest BCUT2D eigenvalue weighted by atomic mass is 10.2. The van der Waals surface area contributed by atoms with E-state index in [-0.39, 0.29) is 18.2 Å². The first-order chi connectivity index (χ1) is 9.16. The molecule has 100 valence electrons. The van der Waals surface area contributed by atoms with E-state index in [1.165, 1.54) is 6.07 Å². The van der Waals surface area contributed by atoms with Crippen LogP contribution < -0.4 is 15.2 Å². The van der Waals surface area contributed by atoms with Gasteiger partial charge in [-0.3, -0.25) is 0 Å². The third-order valence-corrected chi connectivity index (χ3v) is 2.65. The molecule has 0 unspecified atom stereocenters. The topological polar surface area (TPSA) is 44.5 Å². The van der Waals surface area contributed by atoms with Gasteiger partial charge in [-0.2, -0.15) is 0 Å². The molecule has 0 fully saturated rings. The van der Waals surface area contributed by atoms with Crippen LogP contribution in [0.5, 0.6) is 11.5 Å². The minimum absolute atomic E-state index is 0.232. The molecule has 0 bridgehead atoms. The van der Waals surface area contributed by atoms with Crippen LogP contribution >= 0.6 is 0 Å². The average Bonchev–Trinajstić information content (AvgIpc) is 2.40. The largest absolute Gasteiger partial charge is 0.490 e. The monoisotopic (exact) mass is 261 g/mol. The van der Waals surface area contributed by atoms with Crippen molar-refractivity contribution in [3.63, 3.8) is 0 Å². The molecule has 4 heteroatoms. The van der Waals surface area contributed by atoms with Crippen molar-refractivity contribution in [1.82, 2.24) is 0 Å². The highest BCUT2D eigenvalue weighted by molar-refractivity contribution is 5.47. The lowest BCUT2D eigenvalue weighted by molar-refractivity contribution is 0.211. The molecule has 0 atom stereocenters. The van der Waals surface area contributed by atoms with Crippen molar-refractivity contribution in [2.75, 3.05) is 18.9 Å². The van der Waals surface area contributed by atoms with Crippen LogP contribution in [-0.2, 0) is 0 Å². The molecule has 0 spiro atoms. The molecule has 3 nitrogen and oxygen atoms in total. The fraction of sp³-hybridized carbons (Fsp3) is 0.200. The maximum Gasteiger partial charge on any atom is 0.165 e. The summed E-state index contributed by atoms with van der Waals surface area (Å²) < 4.78 is 24.1. The summed E-state index contributed by atoms with van der Waals surface area (Å²) in [4.78, 5) is 0. The third kappa shape index (κ3) is 3.61. The number of hydrogen-bond acceptors (Lipinski definition) is 3. The van der Waals surface area contributed by atoms with E-state index >= 15 is 0 Å². The van der Waals surface area contributed by atoms with Crippen molar-refractivity contribution in [1.29, 1.82) is 0 Å². The number of rotatable bonds is 5. The second-order valence-electron chi connectivity index (χ2n) is 4.15. The molecule has 0 aliphatic rings. The number of nitrogens with two attached hydrogens (primary N) is 1. The van der Waals surface area contributed by atoms with Gasteiger partial charge in [-0.05, 0) is 30.7 Å². The quantitative estimate of drug-likeness (QED) is 0.664. The maximum atomic E-state index is 13.3. The van der Waals surface area contributed by atoms with Crippen LogP contribution in [0.2, 0.25) is 0 Å². The molecule has 0 radical (unpaired) electrons. The minimum Gasteiger partial charge on any atom is -0.490 e. The van der Waals surface area contributed by atoms with Gasteiger partial charge in [0.2, 0.25) is 0 Å². The smallest absolute Gasteiger partial charge is 0.165 e. The van der Waals surface area contributed by atoms with Crippen molar-refractivity contribution in [3.05, 3.63) is 53.8 Å². The Kier molecular flexibility index (Phi) is 4.23. The molecule has 0 aliphatic carbocycles. The Morgan fingerprint density at radius 1 is 1.00 bits per heavy atom. The summed E-state index contributed by atoms with van der Waals surface area (Å²) in [6.07, 6.45) is 0. The van der Waals surface area contributed by atoms with E-state index in [4.69, 9.17) is 15.2 Å². The zero-order chi connectivity index (χ0) is 13.7. The summed E-state index contributed by atoms with van der Waals surface area (Å²) in [5.41, 5.74) is 7.33. The molecule has 0 amide bonds. The summed E-state index contributed by atoms with van der Waals surface area (Å²) in [6.45, 7) is 2.54. The Balaban J connectivity index is 1.84. The highest BCUT2D eigenvalue weighted by Gasteiger charge is 2.03. The van der Waals surface area contributed by atoms with Gasteiger partial charge in [0.05, 0.1) is 0 Å². The normalized spacial score (nSPS) is 10.2. The molecule has 2 N–H and O–H groups in total. The molecular formula is C15H16FNO2. The van der Waals surface area contributed by atoms with Crippen LogP contribution in [0, 0.1) is 12.7 Å². The van der Waals surface area contributed by atoms with Crippen LogP contribution in [0.4, 0.5) is 10.1 Å². The molecule has 0 saturated heterocycles. The van der Waals surface area contributed by atoms with Crippen LogP contribution in [0.15, 0.2) is 42.5 Å². The highest BCUT2D eigenvalue weighted by Crippen LogP contribution is 2.21. The highest BCUT2D eigenvalue weighted by atomic mass is 19.1. The zero-order valence-electron chi connectivity index (χ0n) is 10.7. The number of benzene rings is 2. The number of anilines is 1. The Hall–Kier alpha value is -2.23. The second kappa shape index (κ2) is 6.09. The predicted octanol–water partition coefficient (Wildman–Crippen LogP) is 3.17. The Bertz CT molecular complexity index is 558. The number of halogens is 1. The Morgan fingerprint density at radius 2 is 1.68 bits per heavy atom. The number of ether oxygens (including phenoxy) is 2. The standard InChI is InChI=1S/C15H16FNO2/c1-11-6-7-12(17)10-15(11)19-9-8-18-14-5-3-2-4-13(14)16/h2-7,10H,8-9,17H2,1H3. The molecule has 2 rings (SSSR count). The van der Waals surface area contributed by atoms with Gasteiger partial charge in [0.15, 0.2) is 11.6 Å². The van der Waals surface area contributed by atoms with E-state index in [1.54, 1.807) is 24.3 Å². The number of aryl methyl sites for hydroxylation is 1. The van der Waals surface area contributed by atoms with Crippen molar-refractivity contribution in [2.45, 2.75) is 6.92 Å². The summed E-state index contributed by atoms with van der Waals surface area (Å²) in [7, 11) is 0. The number of para-hydroxylation sites is 1. The molecule has 0 saturated carbocycles. The van der Waals surface area contributed by atoms with Crippen LogP contribution in [-0.4, -0.2) is 13.2 Å². The second-order valence-corrected chi connectivity index (χ2v) is 4.15. The van der Waals surface area contributed by atoms with E-state index < -0.39 is 0 Å². The van der Waals surface area contributed by atoms with Gasteiger partial charge in [-0.15, -0.1) is 0 Å². The SMILES string of the molecule is Cc1ccc(N)cc1OCCOc1ccccc1F. The molecule has 0 aliphatic heterocycles. The summed E-state index contributed by atoms with van der Waals surface area (Å²) in [6, 6.07) is 11.8. The Labute approximate surface area is 111 Å². The lowest BCUT2D eigenvalue weighted by Gasteiger charge is -2.11. The molecular weight excluding hydrogens is 245 g/mol. The number of nitrogen functional groups attached to an aromatic ring is 1. The van der Waals surface area contributed by atoms with Crippen molar-refractivity contribution >= 4 is 5.69 Å².